The van der Waals surface area contributed by atoms with Gasteiger partial charge < -0.3 is 0 Å². The van der Waals surface area contributed by atoms with Gasteiger partial charge in [-0.3, -0.25) is 4.90 Å². The molecular formula is C12H20N2S. The molecule has 0 bridgehead atoms. The Morgan fingerprint density at radius 1 is 1.53 bits per heavy atom. The van der Waals surface area contributed by atoms with Gasteiger partial charge in [0.2, 0.25) is 0 Å². The van der Waals surface area contributed by atoms with E-state index in [1.54, 1.807) is 11.3 Å². The molecule has 1 saturated heterocycles. The second-order valence-electron chi connectivity index (χ2n) is 4.40. The predicted molar refractivity (Wildman–Crippen MR) is 65.2 cm³/mol. The van der Waals surface area contributed by atoms with Gasteiger partial charge in [-0.1, -0.05) is 13.3 Å². The Labute approximate surface area is 96.3 Å². The molecule has 1 atom stereocenters. The van der Waals surface area contributed by atoms with Crippen LogP contribution < -0.4 is 0 Å². The lowest BCUT2D eigenvalue weighted by Crippen LogP contribution is -2.36. The lowest BCUT2D eigenvalue weighted by molar-refractivity contribution is 0.151. The van der Waals surface area contributed by atoms with Crippen LogP contribution in [0.5, 0.6) is 0 Å². The number of piperidine rings is 1. The SMILES string of the molecule is CCc1nc(CN2CCCC[C@@H]2C)cs1. The van der Waals surface area contributed by atoms with Crippen molar-refractivity contribution in [3.05, 3.63) is 16.1 Å². The number of nitrogens with zero attached hydrogens (tertiary/aromatic N) is 2. The zero-order valence-electron chi connectivity index (χ0n) is 9.70. The Morgan fingerprint density at radius 2 is 2.40 bits per heavy atom. The highest BCUT2D eigenvalue weighted by molar-refractivity contribution is 7.09. The maximum Gasteiger partial charge on any atom is 0.0926 e. The highest BCUT2D eigenvalue weighted by Crippen LogP contribution is 2.20. The summed E-state index contributed by atoms with van der Waals surface area (Å²) in [6.07, 6.45) is 5.18. The summed E-state index contributed by atoms with van der Waals surface area (Å²) in [5.74, 6) is 0. The van der Waals surface area contributed by atoms with Gasteiger partial charge in [0, 0.05) is 18.0 Å². The molecule has 15 heavy (non-hydrogen) atoms. The van der Waals surface area contributed by atoms with Crippen LogP contribution >= 0.6 is 11.3 Å². The van der Waals surface area contributed by atoms with Crippen molar-refractivity contribution < 1.29 is 0 Å². The van der Waals surface area contributed by atoms with E-state index in [-0.39, 0.29) is 0 Å². The number of hydrogen-bond acceptors (Lipinski definition) is 3. The molecule has 2 heterocycles. The molecule has 0 radical (unpaired) electrons. The van der Waals surface area contributed by atoms with Crippen molar-refractivity contribution in [3.63, 3.8) is 0 Å². The van der Waals surface area contributed by atoms with E-state index in [1.165, 1.54) is 36.5 Å². The molecule has 2 rings (SSSR count). The number of aromatic nitrogens is 1. The molecule has 0 unspecified atom stereocenters. The number of hydrogen-bond donors (Lipinski definition) is 0. The summed E-state index contributed by atoms with van der Waals surface area (Å²) in [7, 11) is 0. The fourth-order valence-electron chi connectivity index (χ4n) is 2.18. The molecule has 0 aliphatic carbocycles. The van der Waals surface area contributed by atoms with E-state index in [9.17, 15) is 0 Å². The summed E-state index contributed by atoms with van der Waals surface area (Å²) < 4.78 is 0. The van der Waals surface area contributed by atoms with Crippen molar-refractivity contribution in [2.75, 3.05) is 6.54 Å². The fraction of sp³-hybridized carbons (Fsp3) is 0.750. The van der Waals surface area contributed by atoms with Gasteiger partial charge in [0.1, 0.15) is 0 Å². The first-order valence-corrected chi connectivity index (χ1v) is 6.85. The molecule has 2 nitrogen and oxygen atoms in total. The average molecular weight is 224 g/mol. The Morgan fingerprint density at radius 3 is 3.07 bits per heavy atom. The number of likely N-dealkylation sites (tertiary alicyclic amines) is 1. The molecule has 0 saturated carbocycles. The van der Waals surface area contributed by atoms with Crippen LogP contribution in [0.15, 0.2) is 5.38 Å². The van der Waals surface area contributed by atoms with E-state index in [1.807, 2.05) is 0 Å². The lowest BCUT2D eigenvalue weighted by atomic mass is 10.0. The normalized spacial score (nSPS) is 23.2. The van der Waals surface area contributed by atoms with Gasteiger partial charge in [-0.05, 0) is 32.7 Å². The molecule has 0 aromatic carbocycles. The number of aryl methyl sites for hydroxylation is 1. The third-order valence-corrected chi connectivity index (χ3v) is 4.25. The van der Waals surface area contributed by atoms with Gasteiger partial charge in [0.15, 0.2) is 0 Å². The van der Waals surface area contributed by atoms with E-state index in [0.717, 1.165) is 19.0 Å². The third kappa shape index (κ3) is 2.79. The van der Waals surface area contributed by atoms with Crippen molar-refractivity contribution in [2.45, 2.75) is 52.1 Å². The van der Waals surface area contributed by atoms with Crippen molar-refractivity contribution in [1.29, 1.82) is 0 Å². The molecule has 1 aliphatic heterocycles. The van der Waals surface area contributed by atoms with Gasteiger partial charge in [0.05, 0.1) is 10.7 Å². The van der Waals surface area contributed by atoms with Gasteiger partial charge in [-0.15, -0.1) is 11.3 Å². The molecule has 1 fully saturated rings. The van der Waals surface area contributed by atoms with Crippen molar-refractivity contribution in [2.24, 2.45) is 0 Å². The summed E-state index contributed by atoms with van der Waals surface area (Å²) in [4.78, 5) is 7.20. The van der Waals surface area contributed by atoms with Crippen LogP contribution in [0, 0.1) is 0 Å². The molecular weight excluding hydrogens is 204 g/mol. The number of thiazole rings is 1. The molecule has 1 aromatic rings. The zero-order chi connectivity index (χ0) is 10.7. The molecule has 3 heteroatoms. The second kappa shape index (κ2) is 5.08. The van der Waals surface area contributed by atoms with Crippen LogP contribution in [0.4, 0.5) is 0 Å². The highest BCUT2D eigenvalue weighted by atomic mass is 32.1. The monoisotopic (exact) mass is 224 g/mol. The van der Waals surface area contributed by atoms with E-state index < -0.39 is 0 Å². The zero-order valence-corrected chi connectivity index (χ0v) is 10.5. The van der Waals surface area contributed by atoms with Gasteiger partial charge >= 0.3 is 0 Å². The first-order chi connectivity index (χ1) is 7.29. The van der Waals surface area contributed by atoms with E-state index >= 15 is 0 Å². The summed E-state index contributed by atoms with van der Waals surface area (Å²) >= 11 is 1.80. The lowest BCUT2D eigenvalue weighted by Gasteiger charge is -2.32. The maximum absolute atomic E-state index is 4.63. The summed E-state index contributed by atoms with van der Waals surface area (Å²) in [5, 5.41) is 3.50. The van der Waals surface area contributed by atoms with Crippen LogP contribution in [-0.2, 0) is 13.0 Å². The topological polar surface area (TPSA) is 16.1 Å². The van der Waals surface area contributed by atoms with Gasteiger partial charge in [0.25, 0.3) is 0 Å². The van der Waals surface area contributed by atoms with Crippen LogP contribution in [-0.4, -0.2) is 22.5 Å². The van der Waals surface area contributed by atoms with Crippen molar-refractivity contribution in [1.82, 2.24) is 9.88 Å². The maximum atomic E-state index is 4.63. The average Bonchev–Trinajstić information content (AvgIpc) is 2.69. The largest absolute Gasteiger partial charge is 0.295 e. The molecule has 0 N–H and O–H groups in total. The Balaban J connectivity index is 1.95. The summed E-state index contributed by atoms with van der Waals surface area (Å²) in [6.45, 7) is 6.82. The summed E-state index contributed by atoms with van der Waals surface area (Å²) in [6, 6.07) is 0.741. The quantitative estimate of drug-likeness (QED) is 0.784. The van der Waals surface area contributed by atoms with Gasteiger partial charge in [-0.2, -0.15) is 0 Å². The van der Waals surface area contributed by atoms with Crippen molar-refractivity contribution in [3.8, 4) is 0 Å². The van der Waals surface area contributed by atoms with Crippen LogP contribution in [0.25, 0.3) is 0 Å². The van der Waals surface area contributed by atoms with Crippen molar-refractivity contribution >= 4 is 11.3 Å². The minimum absolute atomic E-state index is 0.741. The standard InChI is InChI=1S/C12H20N2S/c1-3-12-13-11(9-15-12)8-14-7-5-4-6-10(14)2/h9-10H,3-8H2,1-2H3/t10-/m0/s1. The van der Waals surface area contributed by atoms with E-state index in [4.69, 9.17) is 0 Å². The second-order valence-corrected chi connectivity index (χ2v) is 5.34. The minimum Gasteiger partial charge on any atom is -0.295 e. The first kappa shape index (κ1) is 11.1. The molecule has 0 amide bonds. The Bertz CT molecular complexity index is 308. The third-order valence-electron chi connectivity index (χ3n) is 3.21. The summed E-state index contributed by atoms with van der Waals surface area (Å²) in [5.41, 5.74) is 1.27. The molecule has 1 aromatic heterocycles. The van der Waals surface area contributed by atoms with E-state index in [2.05, 4.69) is 29.1 Å². The van der Waals surface area contributed by atoms with Crippen LogP contribution in [0.1, 0.15) is 43.8 Å². The van der Waals surface area contributed by atoms with Gasteiger partial charge in [-0.25, -0.2) is 4.98 Å². The van der Waals surface area contributed by atoms with Crippen LogP contribution in [0.3, 0.4) is 0 Å². The first-order valence-electron chi connectivity index (χ1n) is 5.97. The van der Waals surface area contributed by atoms with Crippen LogP contribution in [0.2, 0.25) is 0 Å². The molecule has 84 valence electrons. The number of rotatable bonds is 3. The molecule has 1 aliphatic rings. The Kier molecular flexibility index (Phi) is 3.76. The minimum atomic E-state index is 0.741. The van der Waals surface area contributed by atoms with E-state index in [0.29, 0.717) is 0 Å². The predicted octanol–water partition coefficient (Wildman–Crippen LogP) is 3.08. The highest BCUT2D eigenvalue weighted by Gasteiger charge is 2.18. The Hall–Kier alpha value is -0.410. The fourth-order valence-corrected chi connectivity index (χ4v) is 2.92. The smallest absolute Gasteiger partial charge is 0.0926 e. The molecule has 0 spiro atoms.